The summed E-state index contributed by atoms with van der Waals surface area (Å²) in [6.45, 7) is 3.32. The highest BCUT2D eigenvalue weighted by Crippen LogP contribution is 2.26. The molecule has 0 amide bonds. The largest absolute Gasteiger partial charge is 0.504 e. The van der Waals surface area contributed by atoms with E-state index in [-0.39, 0.29) is 17.1 Å². The molecule has 35 heavy (non-hydrogen) atoms. The third kappa shape index (κ3) is 11.9. The van der Waals surface area contributed by atoms with Crippen molar-refractivity contribution in [3.8, 4) is 23.0 Å². The van der Waals surface area contributed by atoms with Gasteiger partial charge in [0.15, 0.2) is 11.5 Å². The lowest BCUT2D eigenvalue weighted by Crippen LogP contribution is -2.03. The van der Waals surface area contributed by atoms with E-state index < -0.39 is 5.97 Å². The average Bonchev–Trinajstić information content (AvgIpc) is 2.84. The first-order chi connectivity index (χ1) is 17.0. The summed E-state index contributed by atoms with van der Waals surface area (Å²) in [7, 11) is 0. The van der Waals surface area contributed by atoms with Crippen LogP contribution in [0.4, 0.5) is 0 Å². The van der Waals surface area contributed by atoms with Gasteiger partial charge in [-0.3, -0.25) is 0 Å². The maximum absolute atomic E-state index is 11.5. The SMILES string of the molecule is CCCCCCCCCCOc1cc(OCCCCCCc2ccc(O)c(O)c2)cc(C(=O)O)c1. The van der Waals surface area contributed by atoms with Crippen molar-refractivity contribution in [3.63, 3.8) is 0 Å². The molecule has 2 aromatic carbocycles. The van der Waals surface area contributed by atoms with E-state index in [1.807, 2.05) is 6.07 Å². The lowest BCUT2D eigenvalue weighted by atomic mass is 10.1. The molecule has 0 heterocycles. The number of carboxylic acid groups (broad SMARTS) is 1. The Hall–Kier alpha value is -2.89. The Morgan fingerprint density at radius 3 is 1.77 bits per heavy atom. The van der Waals surface area contributed by atoms with Crippen LogP contribution in [0.25, 0.3) is 0 Å². The zero-order chi connectivity index (χ0) is 25.3. The predicted octanol–water partition coefficient (Wildman–Crippen LogP) is 7.50. The van der Waals surface area contributed by atoms with Crippen molar-refractivity contribution in [1.29, 1.82) is 0 Å². The Labute approximate surface area is 209 Å². The Morgan fingerprint density at radius 2 is 1.23 bits per heavy atom. The quantitative estimate of drug-likeness (QED) is 0.141. The summed E-state index contributed by atoms with van der Waals surface area (Å²) in [6.07, 6.45) is 14.5. The molecule has 0 bridgehead atoms. The molecular weight excluding hydrogens is 444 g/mol. The van der Waals surface area contributed by atoms with Gasteiger partial charge in [0, 0.05) is 6.07 Å². The fourth-order valence-corrected chi connectivity index (χ4v) is 3.99. The topological polar surface area (TPSA) is 96.2 Å². The minimum absolute atomic E-state index is 0.0827. The highest BCUT2D eigenvalue weighted by Gasteiger charge is 2.09. The van der Waals surface area contributed by atoms with Crippen molar-refractivity contribution < 1.29 is 29.6 Å². The first-order valence-electron chi connectivity index (χ1n) is 13.1. The molecule has 0 saturated carbocycles. The summed E-state index contributed by atoms with van der Waals surface area (Å²) in [5.41, 5.74) is 1.17. The molecule has 0 aromatic heterocycles. The molecular formula is C29H42O6. The van der Waals surface area contributed by atoms with E-state index in [9.17, 15) is 20.1 Å². The number of phenolic OH excluding ortho intramolecular Hbond substituents is 2. The van der Waals surface area contributed by atoms with Gasteiger partial charge in [-0.05, 0) is 55.5 Å². The number of aromatic carboxylic acids is 1. The molecule has 2 rings (SSSR count). The number of carbonyl (C=O) groups is 1. The summed E-state index contributed by atoms with van der Waals surface area (Å²) >= 11 is 0. The fraction of sp³-hybridized carbons (Fsp3) is 0.552. The number of hydrogen-bond acceptors (Lipinski definition) is 5. The maximum atomic E-state index is 11.5. The smallest absolute Gasteiger partial charge is 0.335 e. The molecule has 6 nitrogen and oxygen atoms in total. The average molecular weight is 487 g/mol. The van der Waals surface area contributed by atoms with Crippen molar-refractivity contribution in [2.24, 2.45) is 0 Å². The van der Waals surface area contributed by atoms with Crippen LogP contribution >= 0.6 is 0 Å². The molecule has 0 atom stereocenters. The van der Waals surface area contributed by atoms with Crippen LogP contribution < -0.4 is 9.47 Å². The van der Waals surface area contributed by atoms with E-state index in [2.05, 4.69) is 6.92 Å². The van der Waals surface area contributed by atoms with E-state index in [1.165, 1.54) is 44.6 Å². The number of carboxylic acids is 1. The number of aryl methyl sites for hydroxylation is 1. The van der Waals surface area contributed by atoms with Gasteiger partial charge in [0.1, 0.15) is 11.5 Å². The van der Waals surface area contributed by atoms with Gasteiger partial charge in [-0.2, -0.15) is 0 Å². The van der Waals surface area contributed by atoms with Crippen molar-refractivity contribution >= 4 is 5.97 Å². The zero-order valence-corrected chi connectivity index (χ0v) is 21.1. The lowest BCUT2D eigenvalue weighted by molar-refractivity contribution is 0.0695. The van der Waals surface area contributed by atoms with Crippen LogP contribution in [0.15, 0.2) is 36.4 Å². The normalized spacial score (nSPS) is 10.9. The third-order valence-electron chi connectivity index (χ3n) is 6.06. The van der Waals surface area contributed by atoms with Crippen LogP contribution in [0.3, 0.4) is 0 Å². The Balaban J connectivity index is 1.65. The standard InChI is InChI=1S/C29H42O6/c1-2-3-4-5-6-7-9-12-17-34-25-20-24(29(32)33)21-26(22-25)35-18-13-10-8-11-14-23-15-16-27(30)28(31)19-23/h15-16,19-22,30-31H,2-14,17-18H2,1H3,(H,32,33). The third-order valence-corrected chi connectivity index (χ3v) is 6.06. The van der Waals surface area contributed by atoms with Crippen LogP contribution in [0.1, 0.15) is 99.9 Å². The highest BCUT2D eigenvalue weighted by atomic mass is 16.5. The molecule has 0 fully saturated rings. The second-order valence-corrected chi connectivity index (χ2v) is 9.16. The molecule has 6 heteroatoms. The van der Waals surface area contributed by atoms with Crippen molar-refractivity contribution in [2.45, 2.75) is 90.4 Å². The molecule has 194 valence electrons. The number of benzene rings is 2. The minimum Gasteiger partial charge on any atom is -0.504 e. The number of phenols is 2. The monoisotopic (exact) mass is 486 g/mol. The van der Waals surface area contributed by atoms with E-state index in [4.69, 9.17) is 9.47 Å². The molecule has 0 aliphatic heterocycles. The minimum atomic E-state index is -0.993. The van der Waals surface area contributed by atoms with Gasteiger partial charge in [0.25, 0.3) is 0 Å². The second kappa shape index (κ2) is 16.7. The number of hydrogen-bond donors (Lipinski definition) is 3. The molecule has 3 N–H and O–H groups in total. The summed E-state index contributed by atoms with van der Waals surface area (Å²) in [6, 6.07) is 9.81. The van der Waals surface area contributed by atoms with Gasteiger partial charge in [0.05, 0.1) is 18.8 Å². The highest BCUT2D eigenvalue weighted by molar-refractivity contribution is 5.88. The van der Waals surface area contributed by atoms with E-state index in [1.54, 1.807) is 24.3 Å². The first-order valence-corrected chi connectivity index (χ1v) is 13.1. The molecule has 0 aliphatic rings. The van der Waals surface area contributed by atoms with E-state index in [0.717, 1.165) is 50.5 Å². The number of rotatable bonds is 19. The van der Waals surface area contributed by atoms with Crippen LogP contribution in [0.5, 0.6) is 23.0 Å². The molecule has 0 spiro atoms. The van der Waals surface area contributed by atoms with E-state index >= 15 is 0 Å². The predicted molar refractivity (Wildman–Crippen MR) is 139 cm³/mol. The number of aromatic hydroxyl groups is 2. The zero-order valence-electron chi connectivity index (χ0n) is 21.1. The van der Waals surface area contributed by atoms with Crippen LogP contribution in [0.2, 0.25) is 0 Å². The van der Waals surface area contributed by atoms with Crippen LogP contribution in [0, 0.1) is 0 Å². The second-order valence-electron chi connectivity index (χ2n) is 9.16. The lowest BCUT2D eigenvalue weighted by Gasteiger charge is -2.11. The van der Waals surface area contributed by atoms with Gasteiger partial charge >= 0.3 is 5.97 Å². The Bertz CT molecular complexity index is 879. The maximum Gasteiger partial charge on any atom is 0.335 e. The van der Waals surface area contributed by atoms with Crippen LogP contribution in [-0.2, 0) is 6.42 Å². The van der Waals surface area contributed by atoms with Crippen LogP contribution in [-0.4, -0.2) is 34.5 Å². The number of ether oxygens (including phenoxy) is 2. The summed E-state index contributed by atoms with van der Waals surface area (Å²) in [4.78, 5) is 11.5. The summed E-state index contributed by atoms with van der Waals surface area (Å²) in [5.74, 6) is -0.108. The molecule has 0 unspecified atom stereocenters. The van der Waals surface area contributed by atoms with Crippen molar-refractivity contribution in [3.05, 3.63) is 47.5 Å². The van der Waals surface area contributed by atoms with Gasteiger partial charge < -0.3 is 24.8 Å². The van der Waals surface area contributed by atoms with Crippen molar-refractivity contribution in [2.75, 3.05) is 13.2 Å². The molecule has 0 radical (unpaired) electrons. The Morgan fingerprint density at radius 1 is 0.686 bits per heavy atom. The first kappa shape index (κ1) is 28.3. The Kier molecular flexibility index (Phi) is 13.5. The molecule has 0 saturated heterocycles. The van der Waals surface area contributed by atoms with Gasteiger partial charge in [-0.1, -0.05) is 70.8 Å². The fourth-order valence-electron chi connectivity index (χ4n) is 3.99. The molecule has 2 aromatic rings. The summed E-state index contributed by atoms with van der Waals surface area (Å²) < 4.78 is 11.6. The number of unbranched alkanes of at least 4 members (excludes halogenated alkanes) is 10. The van der Waals surface area contributed by atoms with Gasteiger partial charge in [0.2, 0.25) is 0 Å². The van der Waals surface area contributed by atoms with E-state index in [0.29, 0.717) is 24.7 Å². The van der Waals surface area contributed by atoms with Gasteiger partial charge in [-0.25, -0.2) is 4.79 Å². The summed E-state index contributed by atoms with van der Waals surface area (Å²) in [5, 5.41) is 28.3. The van der Waals surface area contributed by atoms with Crippen molar-refractivity contribution in [1.82, 2.24) is 0 Å². The van der Waals surface area contributed by atoms with Gasteiger partial charge in [-0.15, -0.1) is 0 Å². The molecule has 0 aliphatic carbocycles.